The average Bonchev–Trinajstić information content (AvgIpc) is 3.35. The van der Waals surface area contributed by atoms with Crippen molar-refractivity contribution in [2.24, 2.45) is 5.92 Å². The van der Waals surface area contributed by atoms with Gasteiger partial charge in [-0.2, -0.15) is 0 Å². The molecule has 1 saturated heterocycles. The van der Waals surface area contributed by atoms with Crippen molar-refractivity contribution in [3.63, 3.8) is 0 Å². The van der Waals surface area contributed by atoms with Crippen LogP contribution in [0.5, 0.6) is 0 Å². The zero-order valence-corrected chi connectivity index (χ0v) is 23.0. The van der Waals surface area contributed by atoms with E-state index in [1.807, 2.05) is 0 Å². The Labute approximate surface area is 229 Å². The first kappa shape index (κ1) is 31.6. The monoisotopic (exact) mass is 547 g/mol. The standard InChI is InChI=1S/C27H41N5O7/c1-3-4-5-7-15-29-26(38)20(30-22(34)13-17-32-25(37)18-19(2)27(32)39)9-6-8-14-28-21(33)12-16-31-23(35)10-11-24(31)36/h10-11,19-20H,3-9,12-18H2,1-2H3,(H,28,33)(H,29,38)(H,30,34)/t19?,20-/m0/s1. The van der Waals surface area contributed by atoms with Crippen LogP contribution in [-0.2, 0) is 33.6 Å². The summed E-state index contributed by atoms with van der Waals surface area (Å²) in [6.07, 6.45) is 7.85. The van der Waals surface area contributed by atoms with Gasteiger partial charge in [-0.05, 0) is 25.7 Å². The molecule has 0 aromatic rings. The predicted molar refractivity (Wildman–Crippen MR) is 142 cm³/mol. The summed E-state index contributed by atoms with van der Waals surface area (Å²) in [5.41, 5.74) is 0. The minimum atomic E-state index is -0.775. The van der Waals surface area contributed by atoms with Crippen molar-refractivity contribution in [3.05, 3.63) is 12.2 Å². The lowest BCUT2D eigenvalue weighted by molar-refractivity contribution is -0.140. The molecule has 0 aromatic carbocycles. The zero-order valence-electron chi connectivity index (χ0n) is 23.0. The van der Waals surface area contributed by atoms with E-state index in [4.69, 9.17) is 0 Å². The van der Waals surface area contributed by atoms with Crippen molar-refractivity contribution >= 4 is 41.4 Å². The van der Waals surface area contributed by atoms with Crippen LogP contribution in [0.3, 0.4) is 0 Å². The summed E-state index contributed by atoms with van der Waals surface area (Å²) >= 11 is 0. The van der Waals surface area contributed by atoms with Gasteiger partial charge in [0.15, 0.2) is 0 Å². The molecule has 0 spiro atoms. The van der Waals surface area contributed by atoms with E-state index < -0.39 is 23.8 Å². The van der Waals surface area contributed by atoms with Crippen LogP contribution >= 0.6 is 0 Å². The quantitative estimate of drug-likeness (QED) is 0.167. The summed E-state index contributed by atoms with van der Waals surface area (Å²) in [4.78, 5) is 86.6. The number of imide groups is 2. The van der Waals surface area contributed by atoms with Gasteiger partial charge in [0.1, 0.15) is 6.04 Å². The summed E-state index contributed by atoms with van der Waals surface area (Å²) in [5, 5.41) is 8.33. The van der Waals surface area contributed by atoms with Crippen molar-refractivity contribution in [2.45, 2.75) is 84.1 Å². The first-order chi connectivity index (χ1) is 18.6. The Kier molecular flexibility index (Phi) is 13.3. The lowest BCUT2D eigenvalue weighted by Gasteiger charge is -2.20. The average molecular weight is 548 g/mol. The van der Waals surface area contributed by atoms with Gasteiger partial charge in [0.05, 0.1) is 0 Å². The van der Waals surface area contributed by atoms with Gasteiger partial charge < -0.3 is 16.0 Å². The van der Waals surface area contributed by atoms with Gasteiger partial charge in [-0.3, -0.25) is 43.4 Å². The fourth-order valence-electron chi connectivity index (χ4n) is 4.37. The van der Waals surface area contributed by atoms with Gasteiger partial charge in [0, 0.05) is 63.5 Å². The van der Waals surface area contributed by atoms with Crippen LogP contribution in [-0.4, -0.2) is 83.4 Å². The smallest absolute Gasteiger partial charge is 0.253 e. The molecule has 12 nitrogen and oxygen atoms in total. The second kappa shape index (κ2) is 16.4. The van der Waals surface area contributed by atoms with Crippen LogP contribution < -0.4 is 16.0 Å². The van der Waals surface area contributed by atoms with Gasteiger partial charge >= 0.3 is 0 Å². The second-order valence-electron chi connectivity index (χ2n) is 9.97. The highest BCUT2D eigenvalue weighted by Gasteiger charge is 2.35. The number of hydrogen-bond donors (Lipinski definition) is 3. The molecule has 2 atom stereocenters. The molecule has 2 aliphatic heterocycles. The van der Waals surface area contributed by atoms with Crippen LogP contribution in [0.4, 0.5) is 0 Å². The number of carbonyl (C=O) groups is 7. The third-order valence-electron chi connectivity index (χ3n) is 6.72. The van der Waals surface area contributed by atoms with Crippen LogP contribution in [0.1, 0.15) is 78.1 Å². The van der Waals surface area contributed by atoms with Crippen LogP contribution in [0.2, 0.25) is 0 Å². The molecule has 0 bridgehead atoms. The van der Waals surface area contributed by atoms with Gasteiger partial charge in [-0.15, -0.1) is 0 Å². The summed E-state index contributed by atoms with van der Waals surface area (Å²) in [6.45, 7) is 4.62. The molecule has 2 aliphatic rings. The van der Waals surface area contributed by atoms with E-state index >= 15 is 0 Å². The largest absolute Gasteiger partial charge is 0.356 e. The normalized spacial score (nSPS) is 17.6. The minimum Gasteiger partial charge on any atom is -0.356 e. The molecule has 1 unspecified atom stereocenters. The lowest BCUT2D eigenvalue weighted by atomic mass is 10.1. The number of amides is 7. The molecule has 2 heterocycles. The van der Waals surface area contributed by atoms with Crippen molar-refractivity contribution in [3.8, 4) is 0 Å². The molecule has 3 N–H and O–H groups in total. The summed E-state index contributed by atoms with van der Waals surface area (Å²) < 4.78 is 0. The molecule has 2 rings (SSSR count). The van der Waals surface area contributed by atoms with E-state index in [1.54, 1.807) is 6.92 Å². The Morgan fingerprint density at radius 2 is 1.46 bits per heavy atom. The number of unbranched alkanes of at least 4 members (excludes halogenated alkanes) is 4. The van der Waals surface area contributed by atoms with E-state index in [1.165, 1.54) is 12.2 Å². The van der Waals surface area contributed by atoms with Crippen LogP contribution in [0.25, 0.3) is 0 Å². The summed E-state index contributed by atoms with van der Waals surface area (Å²) in [5.74, 6) is -2.83. The third-order valence-corrected chi connectivity index (χ3v) is 6.72. The first-order valence-electron chi connectivity index (χ1n) is 13.9. The van der Waals surface area contributed by atoms with Crippen molar-refractivity contribution in [1.29, 1.82) is 0 Å². The minimum absolute atomic E-state index is 0.000912. The Hall–Kier alpha value is -3.57. The molecule has 39 heavy (non-hydrogen) atoms. The number of hydrogen-bond acceptors (Lipinski definition) is 7. The molecule has 1 fully saturated rings. The molecule has 0 aromatic heterocycles. The number of rotatable bonds is 18. The fraction of sp³-hybridized carbons (Fsp3) is 0.667. The number of carbonyl (C=O) groups excluding carboxylic acids is 7. The highest BCUT2D eigenvalue weighted by atomic mass is 16.2. The Bertz CT molecular complexity index is 946. The first-order valence-corrected chi connectivity index (χ1v) is 13.9. The van der Waals surface area contributed by atoms with Gasteiger partial charge in [-0.1, -0.05) is 33.1 Å². The molecule has 0 saturated carbocycles. The Morgan fingerprint density at radius 1 is 0.846 bits per heavy atom. The van der Waals surface area contributed by atoms with Crippen molar-refractivity contribution in [1.82, 2.24) is 25.8 Å². The molecule has 216 valence electrons. The highest BCUT2D eigenvalue weighted by molar-refractivity contribution is 6.13. The maximum atomic E-state index is 12.8. The summed E-state index contributed by atoms with van der Waals surface area (Å²) in [7, 11) is 0. The number of likely N-dealkylation sites (tertiary alicyclic amines) is 1. The Morgan fingerprint density at radius 3 is 2.10 bits per heavy atom. The summed E-state index contributed by atoms with van der Waals surface area (Å²) in [6, 6.07) is -0.775. The van der Waals surface area contributed by atoms with Crippen molar-refractivity contribution in [2.75, 3.05) is 26.2 Å². The SMILES string of the molecule is CCCCCCNC(=O)[C@H](CCCCNC(=O)CCN1C(=O)C=CC1=O)NC(=O)CCN1C(=O)CC(C)C1=O. The number of nitrogens with zero attached hydrogens (tertiary/aromatic N) is 2. The zero-order chi connectivity index (χ0) is 28.8. The van der Waals surface area contributed by atoms with E-state index in [0.29, 0.717) is 32.4 Å². The molecule has 0 aliphatic carbocycles. The molecule has 7 amide bonds. The lowest BCUT2D eigenvalue weighted by Crippen LogP contribution is -2.47. The Balaban J connectivity index is 1.75. The maximum absolute atomic E-state index is 12.8. The maximum Gasteiger partial charge on any atom is 0.253 e. The van der Waals surface area contributed by atoms with Crippen molar-refractivity contribution < 1.29 is 33.6 Å². The molecular weight excluding hydrogens is 506 g/mol. The molecule has 12 heteroatoms. The fourth-order valence-corrected chi connectivity index (χ4v) is 4.37. The van der Waals surface area contributed by atoms with E-state index in [9.17, 15) is 33.6 Å². The van der Waals surface area contributed by atoms with Gasteiger partial charge in [0.2, 0.25) is 29.5 Å². The predicted octanol–water partition coefficient (Wildman–Crippen LogP) is 0.554. The van der Waals surface area contributed by atoms with Gasteiger partial charge in [-0.25, -0.2) is 0 Å². The topological polar surface area (TPSA) is 162 Å². The van der Waals surface area contributed by atoms with E-state index in [-0.39, 0.29) is 61.9 Å². The number of nitrogens with one attached hydrogen (secondary N) is 3. The molecular formula is C27H41N5O7. The van der Waals surface area contributed by atoms with E-state index in [2.05, 4.69) is 22.9 Å². The van der Waals surface area contributed by atoms with Crippen LogP contribution in [0, 0.1) is 5.92 Å². The molecule has 0 radical (unpaired) electrons. The highest BCUT2D eigenvalue weighted by Crippen LogP contribution is 2.18. The van der Waals surface area contributed by atoms with Crippen LogP contribution in [0.15, 0.2) is 12.2 Å². The van der Waals surface area contributed by atoms with Gasteiger partial charge in [0.25, 0.3) is 11.8 Å². The third kappa shape index (κ3) is 10.6. The van der Waals surface area contributed by atoms with E-state index in [0.717, 1.165) is 35.5 Å². The second-order valence-corrected chi connectivity index (χ2v) is 9.97.